The Labute approximate surface area is 208 Å². The van der Waals surface area contributed by atoms with Crippen molar-refractivity contribution in [3.63, 3.8) is 0 Å². The number of amides is 2. The maximum absolute atomic E-state index is 13.2. The first-order valence-corrected chi connectivity index (χ1v) is 12.7. The van der Waals surface area contributed by atoms with Crippen LogP contribution >= 0.6 is 0 Å². The van der Waals surface area contributed by atoms with E-state index in [9.17, 15) is 9.59 Å². The third kappa shape index (κ3) is 5.78. The van der Waals surface area contributed by atoms with Crippen molar-refractivity contribution in [3.8, 4) is 5.75 Å². The van der Waals surface area contributed by atoms with Crippen LogP contribution in [0.5, 0.6) is 5.75 Å². The molecular weight excluding hydrogens is 440 g/mol. The summed E-state index contributed by atoms with van der Waals surface area (Å²) < 4.78 is 5.23. The van der Waals surface area contributed by atoms with Crippen molar-refractivity contribution in [2.24, 2.45) is 5.92 Å². The third-order valence-corrected chi connectivity index (χ3v) is 7.23. The topological polar surface area (TPSA) is 73.9 Å². The van der Waals surface area contributed by atoms with Crippen LogP contribution in [0.25, 0.3) is 0 Å². The van der Waals surface area contributed by atoms with Gasteiger partial charge in [0, 0.05) is 30.7 Å². The molecule has 4 rings (SSSR count). The van der Waals surface area contributed by atoms with Crippen LogP contribution in [0.4, 0.5) is 11.4 Å². The van der Waals surface area contributed by atoms with Crippen LogP contribution in [0.1, 0.15) is 62.5 Å². The lowest BCUT2D eigenvalue weighted by Crippen LogP contribution is -2.49. The van der Waals surface area contributed by atoms with Gasteiger partial charge in [0.25, 0.3) is 5.91 Å². The third-order valence-electron chi connectivity index (χ3n) is 7.23. The van der Waals surface area contributed by atoms with Crippen molar-refractivity contribution < 1.29 is 14.3 Å². The average molecular weight is 479 g/mol. The minimum absolute atomic E-state index is 0.0401. The summed E-state index contributed by atoms with van der Waals surface area (Å²) in [5.74, 6) is 1.12. The van der Waals surface area contributed by atoms with E-state index in [1.807, 2.05) is 54.3 Å². The van der Waals surface area contributed by atoms with Crippen molar-refractivity contribution in [1.82, 2.24) is 10.6 Å². The minimum atomic E-state index is -0.160. The quantitative estimate of drug-likeness (QED) is 0.567. The summed E-state index contributed by atoms with van der Waals surface area (Å²) in [5.41, 5.74) is 3.43. The van der Waals surface area contributed by atoms with Crippen molar-refractivity contribution in [1.29, 1.82) is 0 Å². The van der Waals surface area contributed by atoms with Crippen molar-refractivity contribution >= 4 is 23.2 Å². The Balaban J connectivity index is 1.53. The molecule has 2 amide bonds. The molecule has 2 atom stereocenters. The maximum atomic E-state index is 13.2. The standard InChI is InChI=1S/C28H38N4O3/c1-18(2)19(3)29-17-27(33)32-15-14-31(23-9-10-23)25-13-8-22(16-26(25)32)28(34)30-20(4)21-6-11-24(35-5)12-7-21/h6-8,11-13,16,18-20,23,29H,9-10,14-15,17H2,1-5H3,(H,30,34)/t19-,20-/m0/s1. The number of ether oxygens (including phenoxy) is 1. The van der Waals surface area contributed by atoms with Gasteiger partial charge in [-0.15, -0.1) is 0 Å². The van der Waals surface area contributed by atoms with Gasteiger partial charge in [0.2, 0.25) is 5.91 Å². The van der Waals surface area contributed by atoms with Crippen LogP contribution in [0.2, 0.25) is 0 Å². The Bertz CT molecular complexity index is 1050. The number of hydrogen-bond donors (Lipinski definition) is 2. The highest BCUT2D eigenvalue weighted by Gasteiger charge is 2.36. The van der Waals surface area contributed by atoms with Gasteiger partial charge in [-0.3, -0.25) is 9.59 Å². The van der Waals surface area contributed by atoms with Gasteiger partial charge in [-0.05, 0) is 68.5 Å². The molecule has 0 unspecified atom stereocenters. The summed E-state index contributed by atoms with van der Waals surface area (Å²) in [7, 11) is 1.63. The summed E-state index contributed by atoms with van der Waals surface area (Å²) in [6, 6.07) is 14.1. The summed E-state index contributed by atoms with van der Waals surface area (Å²) in [5, 5.41) is 6.44. The van der Waals surface area contributed by atoms with E-state index < -0.39 is 0 Å². The van der Waals surface area contributed by atoms with Crippen LogP contribution in [0.3, 0.4) is 0 Å². The van der Waals surface area contributed by atoms with Gasteiger partial charge in [-0.2, -0.15) is 0 Å². The molecule has 0 aromatic heterocycles. The summed E-state index contributed by atoms with van der Waals surface area (Å²) in [6.45, 7) is 10.1. The van der Waals surface area contributed by atoms with Gasteiger partial charge in [-0.25, -0.2) is 0 Å². The van der Waals surface area contributed by atoms with E-state index in [4.69, 9.17) is 4.74 Å². The van der Waals surface area contributed by atoms with Crippen molar-refractivity contribution in [2.45, 2.75) is 58.7 Å². The maximum Gasteiger partial charge on any atom is 0.251 e. The molecule has 0 spiro atoms. The molecule has 0 saturated heterocycles. The lowest BCUT2D eigenvalue weighted by molar-refractivity contribution is -0.118. The zero-order valence-corrected chi connectivity index (χ0v) is 21.5. The van der Waals surface area contributed by atoms with E-state index in [0.717, 1.165) is 29.2 Å². The largest absolute Gasteiger partial charge is 0.497 e. The van der Waals surface area contributed by atoms with Gasteiger partial charge in [0.05, 0.1) is 31.1 Å². The molecule has 0 radical (unpaired) electrons. The SMILES string of the molecule is COc1ccc([C@H](C)NC(=O)c2ccc3c(c2)N(C(=O)CN[C@@H](C)C(C)C)CCN3C2CC2)cc1. The lowest BCUT2D eigenvalue weighted by atomic mass is 10.1. The van der Waals surface area contributed by atoms with Crippen molar-refractivity contribution in [3.05, 3.63) is 53.6 Å². The highest BCUT2D eigenvalue weighted by molar-refractivity contribution is 6.02. The second-order valence-corrected chi connectivity index (χ2v) is 10.1. The molecule has 35 heavy (non-hydrogen) atoms. The second kappa shape index (κ2) is 10.7. The highest BCUT2D eigenvalue weighted by Crippen LogP contribution is 2.40. The fourth-order valence-electron chi connectivity index (χ4n) is 4.43. The summed E-state index contributed by atoms with van der Waals surface area (Å²) in [4.78, 5) is 30.6. The smallest absolute Gasteiger partial charge is 0.251 e. The molecule has 0 bridgehead atoms. The minimum Gasteiger partial charge on any atom is -0.497 e. The molecule has 1 aliphatic heterocycles. The predicted molar refractivity (Wildman–Crippen MR) is 140 cm³/mol. The number of rotatable bonds is 9. The Hall–Kier alpha value is -3.06. The Kier molecular flexibility index (Phi) is 7.65. The second-order valence-electron chi connectivity index (χ2n) is 10.1. The van der Waals surface area contributed by atoms with Gasteiger partial charge >= 0.3 is 0 Å². The summed E-state index contributed by atoms with van der Waals surface area (Å²) >= 11 is 0. The number of benzene rings is 2. The summed E-state index contributed by atoms with van der Waals surface area (Å²) in [6.07, 6.45) is 2.37. The van der Waals surface area contributed by atoms with E-state index in [2.05, 4.69) is 36.3 Å². The first kappa shape index (κ1) is 25.0. The number of fused-ring (bicyclic) bond motifs is 1. The molecule has 188 valence electrons. The fourth-order valence-corrected chi connectivity index (χ4v) is 4.43. The van der Waals surface area contributed by atoms with E-state index in [-0.39, 0.29) is 30.4 Å². The first-order chi connectivity index (χ1) is 16.8. The van der Waals surface area contributed by atoms with E-state index in [0.29, 0.717) is 24.1 Å². The van der Waals surface area contributed by atoms with E-state index in [1.165, 1.54) is 12.8 Å². The van der Waals surface area contributed by atoms with E-state index in [1.54, 1.807) is 7.11 Å². The van der Waals surface area contributed by atoms with Crippen LogP contribution in [-0.2, 0) is 4.79 Å². The zero-order chi connectivity index (χ0) is 25.1. The van der Waals surface area contributed by atoms with Gasteiger partial charge < -0.3 is 25.2 Å². The normalized spacial score (nSPS) is 17.1. The van der Waals surface area contributed by atoms with E-state index >= 15 is 0 Å². The number of nitrogens with zero attached hydrogens (tertiary/aromatic N) is 2. The zero-order valence-electron chi connectivity index (χ0n) is 21.5. The number of carbonyl (C=O) groups is 2. The molecular formula is C28H38N4O3. The molecule has 7 nitrogen and oxygen atoms in total. The Morgan fingerprint density at radius 3 is 2.34 bits per heavy atom. The van der Waals surface area contributed by atoms with Crippen LogP contribution < -0.4 is 25.2 Å². The highest BCUT2D eigenvalue weighted by atomic mass is 16.5. The monoisotopic (exact) mass is 478 g/mol. The van der Waals surface area contributed by atoms with Crippen LogP contribution in [0.15, 0.2) is 42.5 Å². The van der Waals surface area contributed by atoms with Crippen LogP contribution in [0, 0.1) is 5.92 Å². The predicted octanol–water partition coefficient (Wildman–Crippen LogP) is 4.14. The van der Waals surface area contributed by atoms with Gasteiger partial charge in [0.15, 0.2) is 0 Å². The van der Waals surface area contributed by atoms with Crippen LogP contribution in [-0.4, -0.2) is 50.6 Å². The lowest BCUT2D eigenvalue weighted by Gasteiger charge is -2.38. The number of methoxy groups -OCH3 is 1. The number of nitrogens with one attached hydrogen (secondary N) is 2. The van der Waals surface area contributed by atoms with Gasteiger partial charge in [0.1, 0.15) is 5.75 Å². The van der Waals surface area contributed by atoms with Crippen molar-refractivity contribution in [2.75, 3.05) is 36.5 Å². The Morgan fingerprint density at radius 1 is 1.00 bits per heavy atom. The van der Waals surface area contributed by atoms with Gasteiger partial charge in [-0.1, -0.05) is 26.0 Å². The number of carbonyl (C=O) groups excluding carboxylic acids is 2. The molecule has 2 N–H and O–H groups in total. The molecule has 2 aromatic rings. The fraction of sp³-hybridized carbons (Fsp3) is 0.500. The molecule has 1 aliphatic carbocycles. The number of anilines is 2. The molecule has 7 heteroatoms. The molecule has 1 fully saturated rings. The molecule has 2 aromatic carbocycles. The Morgan fingerprint density at radius 2 is 1.71 bits per heavy atom. The average Bonchev–Trinajstić information content (AvgIpc) is 3.71. The first-order valence-electron chi connectivity index (χ1n) is 12.7. The molecule has 1 saturated carbocycles. The molecule has 2 aliphatic rings. The molecule has 1 heterocycles. The number of hydrogen-bond acceptors (Lipinski definition) is 5.